The number of carbonyl (C=O) groups is 1. The normalized spacial score (nSPS) is 14.5. The van der Waals surface area contributed by atoms with Crippen molar-refractivity contribution in [2.45, 2.75) is 25.8 Å². The average molecular weight is 312 g/mol. The molecule has 0 spiro atoms. The summed E-state index contributed by atoms with van der Waals surface area (Å²) in [6.45, 7) is 2.69. The van der Waals surface area contributed by atoms with Gasteiger partial charge in [0.2, 0.25) is 0 Å². The number of aromatic carboxylic acids is 1. The lowest BCUT2D eigenvalue weighted by atomic mass is 10.1. The number of nitrogens with one attached hydrogen (secondary N) is 1. The first-order valence-electron chi connectivity index (χ1n) is 7.85. The van der Waals surface area contributed by atoms with Crippen LogP contribution in [0.2, 0.25) is 0 Å². The Bertz CT molecular complexity index is 667. The molecule has 1 fully saturated rings. The van der Waals surface area contributed by atoms with E-state index in [1.165, 1.54) is 19.3 Å². The van der Waals surface area contributed by atoms with E-state index in [9.17, 15) is 4.79 Å². The van der Waals surface area contributed by atoms with Gasteiger partial charge < -0.3 is 15.3 Å². The zero-order chi connectivity index (χ0) is 16.1. The van der Waals surface area contributed by atoms with Crippen LogP contribution in [0.4, 0.5) is 11.6 Å². The van der Waals surface area contributed by atoms with Gasteiger partial charge >= 0.3 is 5.97 Å². The third kappa shape index (κ3) is 3.97. The highest BCUT2D eigenvalue weighted by Gasteiger charge is 2.12. The second kappa shape index (κ2) is 7.09. The molecule has 0 bridgehead atoms. The lowest BCUT2D eigenvalue weighted by molar-refractivity contribution is 0.0697. The number of aromatic nitrogens is 2. The number of hydrogen-bond acceptors (Lipinski definition) is 5. The second-order valence-electron chi connectivity index (χ2n) is 5.66. The molecule has 1 aliphatic rings. The van der Waals surface area contributed by atoms with Gasteiger partial charge in [-0.1, -0.05) is 12.1 Å². The molecular formula is C17H20N4O2. The van der Waals surface area contributed by atoms with E-state index in [1.807, 2.05) is 18.2 Å². The Morgan fingerprint density at radius 3 is 2.57 bits per heavy atom. The quantitative estimate of drug-likeness (QED) is 0.884. The van der Waals surface area contributed by atoms with Crippen molar-refractivity contribution < 1.29 is 9.90 Å². The fraction of sp³-hybridized carbons (Fsp3) is 0.353. The van der Waals surface area contributed by atoms with Gasteiger partial charge in [0, 0.05) is 25.7 Å². The van der Waals surface area contributed by atoms with Gasteiger partial charge in [0.25, 0.3) is 0 Å². The summed E-state index contributed by atoms with van der Waals surface area (Å²) in [4.78, 5) is 21.7. The van der Waals surface area contributed by atoms with Crippen LogP contribution in [-0.4, -0.2) is 34.1 Å². The SMILES string of the molecule is O=C(O)c1ccc(CNc2cc(N3CCCCC3)ncn2)cc1. The number of hydrogen-bond donors (Lipinski definition) is 2. The zero-order valence-corrected chi connectivity index (χ0v) is 12.9. The van der Waals surface area contributed by atoms with Crippen molar-refractivity contribution in [3.05, 3.63) is 47.8 Å². The van der Waals surface area contributed by atoms with Crippen molar-refractivity contribution in [1.82, 2.24) is 9.97 Å². The van der Waals surface area contributed by atoms with Gasteiger partial charge in [-0.25, -0.2) is 14.8 Å². The molecule has 0 aliphatic carbocycles. The fourth-order valence-electron chi connectivity index (χ4n) is 2.70. The molecule has 3 rings (SSSR count). The Morgan fingerprint density at radius 2 is 1.87 bits per heavy atom. The second-order valence-corrected chi connectivity index (χ2v) is 5.66. The molecule has 23 heavy (non-hydrogen) atoms. The van der Waals surface area contributed by atoms with Gasteiger partial charge in [-0.3, -0.25) is 0 Å². The maximum atomic E-state index is 10.8. The molecule has 1 saturated heterocycles. The summed E-state index contributed by atoms with van der Waals surface area (Å²) in [6.07, 6.45) is 5.30. The van der Waals surface area contributed by atoms with E-state index in [0.717, 1.165) is 30.3 Å². The fourth-order valence-corrected chi connectivity index (χ4v) is 2.70. The molecule has 0 unspecified atom stereocenters. The minimum atomic E-state index is -0.911. The monoisotopic (exact) mass is 312 g/mol. The number of nitrogens with zero attached hydrogens (tertiary/aromatic N) is 3. The number of carboxylic acids is 1. The van der Waals surface area contributed by atoms with Crippen LogP contribution in [0.3, 0.4) is 0 Å². The molecule has 2 aromatic rings. The summed E-state index contributed by atoms with van der Waals surface area (Å²) in [5.74, 6) is 0.831. The van der Waals surface area contributed by atoms with Crippen molar-refractivity contribution in [3.63, 3.8) is 0 Å². The molecule has 1 aliphatic heterocycles. The van der Waals surface area contributed by atoms with Gasteiger partial charge in [-0.15, -0.1) is 0 Å². The van der Waals surface area contributed by atoms with E-state index in [2.05, 4.69) is 20.2 Å². The highest BCUT2D eigenvalue weighted by Crippen LogP contribution is 2.19. The molecular weight excluding hydrogens is 292 g/mol. The smallest absolute Gasteiger partial charge is 0.335 e. The summed E-state index contributed by atoms with van der Waals surface area (Å²) in [6, 6.07) is 8.81. The van der Waals surface area contributed by atoms with E-state index in [0.29, 0.717) is 12.1 Å². The molecule has 0 saturated carbocycles. The third-order valence-electron chi connectivity index (χ3n) is 4.01. The molecule has 0 amide bonds. The van der Waals surface area contributed by atoms with Crippen LogP contribution in [0.1, 0.15) is 35.2 Å². The lowest BCUT2D eigenvalue weighted by Gasteiger charge is -2.27. The molecule has 6 heteroatoms. The minimum Gasteiger partial charge on any atom is -0.478 e. The molecule has 0 radical (unpaired) electrons. The highest BCUT2D eigenvalue weighted by molar-refractivity contribution is 5.87. The van der Waals surface area contributed by atoms with Crippen LogP contribution in [0.5, 0.6) is 0 Å². The first kappa shape index (κ1) is 15.3. The summed E-state index contributed by atoms with van der Waals surface area (Å²) >= 11 is 0. The van der Waals surface area contributed by atoms with Crippen molar-refractivity contribution in [2.75, 3.05) is 23.3 Å². The van der Waals surface area contributed by atoms with E-state index in [-0.39, 0.29) is 0 Å². The molecule has 1 aromatic heterocycles. The number of anilines is 2. The number of carboxylic acid groups (broad SMARTS) is 1. The largest absolute Gasteiger partial charge is 0.478 e. The van der Waals surface area contributed by atoms with Crippen molar-refractivity contribution in [2.24, 2.45) is 0 Å². The summed E-state index contributed by atoms with van der Waals surface area (Å²) in [5, 5.41) is 12.2. The van der Waals surface area contributed by atoms with E-state index in [4.69, 9.17) is 5.11 Å². The van der Waals surface area contributed by atoms with Crippen LogP contribution in [0, 0.1) is 0 Å². The molecule has 0 atom stereocenters. The Kier molecular flexibility index (Phi) is 4.71. The number of piperidine rings is 1. The summed E-state index contributed by atoms with van der Waals surface area (Å²) in [5.41, 5.74) is 1.30. The van der Waals surface area contributed by atoms with Gasteiger partial charge in [0.1, 0.15) is 18.0 Å². The van der Waals surface area contributed by atoms with Gasteiger partial charge in [0.15, 0.2) is 0 Å². The van der Waals surface area contributed by atoms with E-state index < -0.39 is 5.97 Å². The first-order valence-corrected chi connectivity index (χ1v) is 7.85. The first-order chi connectivity index (χ1) is 11.2. The molecule has 2 N–H and O–H groups in total. The molecule has 2 heterocycles. The molecule has 6 nitrogen and oxygen atoms in total. The lowest BCUT2D eigenvalue weighted by Crippen LogP contribution is -2.30. The topological polar surface area (TPSA) is 78.4 Å². The number of rotatable bonds is 5. The van der Waals surface area contributed by atoms with Crippen molar-refractivity contribution in [1.29, 1.82) is 0 Å². The summed E-state index contributed by atoms with van der Waals surface area (Å²) < 4.78 is 0. The number of benzene rings is 1. The third-order valence-corrected chi connectivity index (χ3v) is 4.01. The van der Waals surface area contributed by atoms with Crippen molar-refractivity contribution in [3.8, 4) is 0 Å². The zero-order valence-electron chi connectivity index (χ0n) is 12.9. The minimum absolute atomic E-state index is 0.295. The standard InChI is InChI=1S/C17H20N4O2/c22-17(23)14-6-4-13(5-7-14)11-18-15-10-16(20-12-19-15)21-8-2-1-3-9-21/h4-7,10,12H,1-3,8-9,11H2,(H,22,23)(H,18,19,20). The van der Waals surface area contributed by atoms with Gasteiger partial charge in [0.05, 0.1) is 5.56 Å². The average Bonchev–Trinajstić information content (AvgIpc) is 2.61. The Morgan fingerprint density at radius 1 is 1.13 bits per heavy atom. The Labute approximate surface area is 135 Å². The van der Waals surface area contributed by atoms with Gasteiger partial charge in [-0.05, 0) is 37.0 Å². The summed E-state index contributed by atoms with van der Waals surface area (Å²) in [7, 11) is 0. The highest BCUT2D eigenvalue weighted by atomic mass is 16.4. The molecule has 1 aromatic carbocycles. The van der Waals surface area contributed by atoms with Crippen LogP contribution < -0.4 is 10.2 Å². The predicted octanol–water partition coefficient (Wildman–Crippen LogP) is 2.78. The van der Waals surface area contributed by atoms with E-state index in [1.54, 1.807) is 18.5 Å². The van der Waals surface area contributed by atoms with Crippen LogP contribution in [0.15, 0.2) is 36.7 Å². The van der Waals surface area contributed by atoms with Crippen LogP contribution >= 0.6 is 0 Å². The van der Waals surface area contributed by atoms with Crippen LogP contribution in [-0.2, 0) is 6.54 Å². The molecule has 120 valence electrons. The maximum Gasteiger partial charge on any atom is 0.335 e. The Balaban J connectivity index is 1.62. The van der Waals surface area contributed by atoms with Crippen molar-refractivity contribution >= 4 is 17.6 Å². The van der Waals surface area contributed by atoms with E-state index >= 15 is 0 Å². The predicted molar refractivity (Wildman–Crippen MR) is 88.8 cm³/mol. The Hall–Kier alpha value is -2.63. The van der Waals surface area contributed by atoms with Gasteiger partial charge in [-0.2, -0.15) is 0 Å². The maximum absolute atomic E-state index is 10.8. The van der Waals surface area contributed by atoms with Crippen LogP contribution in [0.25, 0.3) is 0 Å².